The molecule has 0 spiro atoms. The molecule has 1 aromatic rings. The third kappa shape index (κ3) is 5.27. The molecule has 1 saturated heterocycles. The van der Waals surface area contributed by atoms with E-state index in [1.54, 1.807) is 16.2 Å². The van der Waals surface area contributed by atoms with Crippen LogP contribution >= 0.6 is 11.3 Å². The van der Waals surface area contributed by atoms with E-state index >= 15 is 0 Å². The van der Waals surface area contributed by atoms with Gasteiger partial charge in [0, 0.05) is 38.0 Å². The van der Waals surface area contributed by atoms with Crippen LogP contribution in [0.5, 0.6) is 0 Å². The van der Waals surface area contributed by atoms with Crippen LogP contribution in [-0.4, -0.2) is 55.0 Å². The van der Waals surface area contributed by atoms with E-state index < -0.39 is 0 Å². The Morgan fingerprint density at radius 2 is 2.21 bits per heavy atom. The quantitative estimate of drug-likeness (QED) is 0.757. The van der Waals surface area contributed by atoms with Crippen molar-refractivity contribution in [3.05, 3.63) is 15.6 Å². The van der Waals surface area contributed by atoms with E-state index in [2.05, 4.69) is 17.2 Å². The molecular formula is C17H27N3O3S. The second kappa shape index (κ2) is 9.13. The summed E-state index contributed by atoms with van der Waals surface area (Å²) in [5, 5.41) is 4.14. The van der Waals surface area contributed by atoms with Crippen molar-refractivity contribution in [1.82, 2.24) is 15.2 Å². The number of hydrogen-bond acceptors (Lipinski definition) is 5. The van der Waals surface area contributed by atoms with Crippen molar-refractivity contribution in [2.24, 2.45) is 5.92 Å². The average molecular weight is 353 g/mol. The number of ether oxygens (including phenoxy) is 1. The molecule has 1 unspecified atom stereocenters. The second-order valence-electron chi connectivity index (χ2n) is 6.26. The molecule has 0 aromatic carbocycles. The van der Waals surface area contributed by atoms with Crippen LogP contribution in [0.4, 0.5) is 0 Å². The highest BCUT2D eigenvalue weighted by Crippen LogP contribution is 2.18. The highest BCUT2D eigenvalue weighted by Gasteiger charge is 2.27. The van der Waals surface area contributed by atoms with Gasteiger partial charge in [0.05, 0.1) is 16.6 Å². The monoisotopic (exact) mass is 353 g/mol. The van der Waals surface area contributed by atoms with E-state index in [4.69, 9.17) is 4.74 Å². The fraction of sp³-hybridized carbons (Fsp3) is 0.706. The molecule has 6 nitrogen and oxygen atoms in total. The van der Waals surface area contributed by atoms with Gasteiger partial charge in [-0.05, 0) is 33.1 Å². The summed E-state index contributed by atoms with van der Waals surface area (Å²) in [6.07, 6.45) is 3.48. The van der Waals surface area contributed by atoms with Crippen LogP contribution < -0.4 is 5.32 Å². The molecular weight excluding hydrogens is 326 g/mol. The molecule has 0 saturated carbocycles. The van der Waals surface area contributed by atoms with Crippen molar-refractivity contribution >= 4 is 23.2 Å². The summed E-state index contributed by atoms with van der Waals surface area (Å²) in [6.45, 7) is 6.06. The van der Waals surface area contributed by atoms with Gasteiger partial charge >= 0.3 is 0 Å². The minimum Gasteiger partial charge on any atom is -0.375 e. The lowest BCUT2D eigenvalue weighted by Gasteiger charge is -2.31. The Kier molecular flexibility index (Phi) is 7.17. The van der Waals surface area contributed by atoms with Crippen molar-refractivity contribution in [2.45, 2.75) is 39.5 Å². The SMILES string of the molecule is COCC(=O)N1CCCC(C(=O)NCCCc2nc(C)c(C)s2)C1. The standard InChI is InChI=1S/C17H27N3O3S/c1-12-13(2)24-15(19-12)7-4-8-18-17(22)14-6-5-9-20(10-14)16(21)11-23-3/h14H,4-11H2,1-3H3,(H,18,22). The number of hydrogen-bond donors (Lipinski definition) is 1. The van der Waals surface area contributed by atoms with E-state index in [9.17, 15) is 9.59 Å². The van der Waals surface area contributed by atoms with Crippen molar-refractivity contribution in [3.8, 4) is 0 Å². The van der Waals surface area contributed by atoms with Gasteiger partial charge in [-0.2, -0.15) is 0 Å². The first kappa shape index (κ1) is 18.9. The zero-order chi connectivity index (χ0) is 17.5. The van der Waals surface area contributed by atoms with Gasteiger partial charge < -0.3 is 15.0 Å². The molecule has 0 radical (unpaired) electrons. The Labute approximate surface area is 147 Å². The predicted molar refractivity (Wildman–Crippen MR) is 94.1 cm³/mol. The summed E-state index contributed by atoms with van der Waals surface area (Å²) in [4.78, 5) is 31.7. The van der Waals surface area contributed by atoms with Crippen molar-refractivity contribution in [2.75, 3.05) is 33.4 Å². The minimum atomic E-state index is -0.107. The lowest BCUT2D eigenvalue weighted by Crippen LogP contribution is -2.46. The average Bonchev–Trinajstić information content (AvgIpc) is 2.90. The number of carbonyl (C=O) groups excluding carboxylic acids is 2. The summed E-state index contributed by atoms with van der Waals surface area (Å²) in [6, 6.07) is 0. The fourth-order valence-corrected chi connectivity index (χ4v) is 3.85. The van der Waals surface area contributed by atoms with E-state index in [0.717, 1.165) is 36.4 Å². The molecule has 1 N–H and O–H groups in total. The van der Waals surface area contributed by atoms with Gasteiger partial charge in [0.1, 0.15) is 6.61 Å². The number of rotatable bonds is 7. The summed E-state index contributed by atoms with van der Waals surface area (Å²) in [7, 11) is 1.51. The van der Waals surface area contributed by atoms with E-state index in [0.29, 0.717) is 19.6 Å². The van der Waals surface area contributed by atoms with Gasteiger partial charge in [-0.3, -0.25) is 9.59 Å². The summed E-state index contributed by atoms with van der Waals surface area (Å²) < 4.78 is 4.89. The number of likely N-dealkylation sites (tertiary alicyclic amines) is 1. The molecule has 2 rings (SSSR count). The Balaban J connectivity index is 1.70. The van der Waals surface area contributed by atoms with Gasteiger partial charge in [0.15, 0.2) is 0 Å². The number of thiazole rings is 1. The van der Waals surface area contributed by atoms with Crippen LogP contribution in [0, 0.1) is 19.8 Å². The van der Waals surface area contributed by atoms with Crippen molar-refractivity contribution in [1.29, 1.82) is 0 Å². The Bertz CT molecular complexity index is 554. The molecule has 24 heavy (non-hydrogen) atoms. The first-order chi connectivity index (χ1) is 11.5. The van der Waals surface area contributed by atoms with Gasteiger partial charge in [-0.25, -0.2) is 4.98 Å². The number of aryl methyl sites for hydroxylation is 3. The molecule has 0 aliphatic carbocycles. The van der Waals surface area contributed by atoms with Gasteiger partial charge in [0.2, 0.25) is 11.8 Å². The third-order valence-electron chi connectivity index (χ3n) is 4.35. The smallest absolute Gasteiger partial charge is 0.248 e. The number of piperidine rings is 1. The molecule has 1 atom stereocenters. The first-order valence-corrected chi connectivity index (χ1v) is 9.30. The van der Waals surface area contributed by atoms with Gasteiger partial charge in [-0.15, -0.1) is 11.3 Å². The van der Waals surface area contributed by atoms with E-state index in [1.807, 2.05) is 6.92 Å². The first-order valence-electron chi connectivity index (χ1n) is 8.48. The van der Waals surface area contributed by atoms with Crippen LogP contribution in [0.2, 0.25) is 0 Å². The number of methoxy groups -OCH3 is 1. The Morgan fingerprint density at radius 1 is 1.42 bits per heavy atom. The molecule has 7 heteroatoms. The van der Waals surface area contributed by atoms with Crippen LogP contribution in [0.15, 0.2) is 0 Å². The number of amides is 2. The number of nitrogens with zero attached hydrogens (tertiary/aromatic N) is 2. The lowest BCUT2D eigenvalue weighted by atomic mass is 9.97. The van der Waals surface area contributed by atoms with Crippen molar-refractivity contribution < 1.29 is 14.3 Å². The summed E-state index contributed by atoms with van der Waals surface area (Å²) in [5.74, 6) is -0.0927. The molecule has 1 fully saturated rings. The topological polar surface area (TPSA) is 71.5 Å². The largest absolute Gasteiger partial charge is 0.375 e. The third-order valence-corrected chi connectivity index (χ3v) is 5.48. The number of nitrogens with one attached hydrogen (secondary N) is 1. The zero-order valence-corrected chi connectivity index (χ0v) is 15.6. The van der Waals surface area contributed by atoms with Crippen LogP contribution in [0.1, 0.15) is 34.8 Å². The Morgan fingerprint density at radius 3 is 2.88 bits per heavy atom. The molecule has 1 aliphatic heterocycles. The second-order valence-corrected chi connectivity index (χ2v) is 7.54. The number of aromatic nitrogens is 1. The molecule has 2 heterocycles. The van der Waals surface area contributed by atoms with Gasteiger partial charge in [0.25, 0.3) is 0 Å². The summed E-state index contributed by atoms with van der Waals surface area (Å²) >= 11 is 1.73. The zero-order valence-electron chi connectivity index (χ0n) is 14.8. The van der Waals surface area contributed by atoms with Gasteiger partial charge in [-0.1, -0.05) is 0 Å². The van der Waals surface area contributed by atoms with Crippen LogP contribution in [0.25, 0.3) is 0 Å². The highest BCUT2D eigenvalue weighted by molar-refractivity contribution is 7.11. The summed E-state index contributed by atoms with van der Waals surface area (Å²) in [5.41, 5.74) is 1.10. The predicted octanol–water partition coefficient (Wildman–Crippen LogP) is 1.69. The molecule has 0 bridgehead atoms. The van der Waals surface area contributed by atoms with Crippen LogP contribution in [-0.2, 0) is 20.7 Å². The maximum absolute atomic E-state index is 12.3. The molecule has 2 amide bonds. The van der Waals surface area contributed by atoms with E-state index in [1.165, 1.54) is 12.0 Å². The molecule has 1 aliphatic rings. The lowest BCUT2D eigenvalue weighted by molar-refractivity contribution is -0.138. The highest BCUT2D eigenvalue weighted by atomic mass is 32.1. The minimum absolute atomic E-state index is 0.0375. The molecule has 1 aromatic heterocycles. The number of carbonyl (C=O) groups is 2. The van der Waals surface area contributed by atoms with E-state index in [-0.39, 0.29) is 24.3 Å². The van der Waals surface area contributed by atoms with Crippen LogP contribution in [0.3, 0.4) is 0 Å². The van der Waals surface area contributed by atoms with Crippen molar-refractivity contribution in [3.63, 3.8) is 0 Å². The Hall–Kier alpha value is -1.47. The molecule has 134 valence electrons. The maximum atomic E-state index is 12.3. The maximum Gasteiger partial charge on any atom is 0.248 e. The normalized spacial score (nSPS) is 17.8. The fourth-order valence-electron chi connectivity index (χ4n) is 2.87.